The van der Waals surface area contributed by atoms with E-state index in [9.17, 15) is 0 Å². The van der Waals surface area contributed by atoms with Gasteiger partial charge in [0, 0.05) is 36.1 Å². The number of fused-ring (bicyclic) bond motifs is 2. The van der Waals surface area contributed by atoms with E-state index in [0.717, 1.165) is 17.6 Å². The fourth-order valence-corrected chi connectivity index (χ4v) is 3.95. The van der Waals surface area contributed by atoms with Crippen molar-refractivity contribution in [3.63, 3.8) is 0 Å². The van der Waals surface area contributed by atoms with E-state index in [2.05, 4.69) is 51.4 Å². The fraction of sp³-hybridized carbons (Fsp3) is 0.538. The van der Waals surface area contributed by atoms with Crippen LogP contribution in [0, 0.1) is 5.92 Å². The molecular formula is C13H18BrN3. The summed E-state index contributed by atoms with van der Waals surface area (Å²) in [6.45, 7) is 2.13. The van der Waals surface area contributed by atoms with E-state index in [-0.39, 0.29) is 6.04 Å². The highest BCUT2D eigenvalue weighted by molar-refractivity contribution is 9.10. The largest absolute Gasteiger partial charge is 0.370 e. The maximum absolute atomic E-state index is 6.44. The topological polar surface area (TPSA) is 41.3 Å². The average Bonchev–Trinajstić information content (AvgIpc) is 2.36. The third-order valence-electron chi connectivity index (χ3n) is 4.18. The quantitative estimate of drug-likeness (QED) is 0.768. The van der Waals surface area contributed by atoms with Crippen molar-refractivity contribution in [1.29, 1.82) is 0 Å². The lowest BCUT2D eigenvalue weighted by atomic mass is 9.79. The van der Waals surface area contributed by atoms with Gasteiger partial charge >= 0.3 is 0 Å². The van der Waals surface area contributed by atoms with E-state index in [1.54, 1.807) is 0 Å². The summed E-state index contributed by atoms with van der Waals surface area (Å²) in [4.78, 5) is 2.41. The first-order valence-electron chi connectivity index (χ1n) is 6.17. The molecule has 0 radical (unpaired) electrons. The summed E-state index contributed by atoms with van der Waals surface area (Å²) in [5.74, 6) is 0.524. The Morgan fingerprint density at radius 1 is 1.47 bits per heavy atom. The Balaban J connectivity index is 2.10. The Kier molecular flexibility index (Phi) is 2.89. The second-order valence-corrected chi connectivity index (χ2v) is 5.89. The molecule has 2 aliphatic rings. The summed E-state index contributed by atoms with van der Waals surface area (Å²) in [6, 6.07) is 7.05. The maximum Gasteiger partial charge on any atom is 0.0559 e. The molecule has 0 saturated carbocycles. The second-order valence-electron chi connectivity index (χ2n) is 5.04. The van der Waals surface area contributed by atoms with Gasteiger partial charge in [0.1, 0.15) is 0 Å². The lowest BCUT2D eigenvalue weighted by molar-refractivity contribution is 0.263. The van der Waals surface area contributed by atoms with Gasteiger partial charge in [0.15, 0.2) is 0 Å². The Morgan fingerprint density at radius 3 is 3.12 bits per heavy atom. The third-order valence-corrected chi connectivity index (χ3v) is 4.82. The van der Waals surface area contributed by atoms with Crippen molar-refractivity contribution in [2.45, 2.75) is 18.5 Å². The number of benzene rings is 1. The number of nitrogens with two attached hydrogens (primary N) is 1. The van der Waals surface area contributed by atoms with E-state index < -0.39 is 0 Å². The number of hydrogen-bond acceptors (Lipinski definition) is 3. The van der Waals surface area contributed by atoms with Crippen LogP contribution in [-0.4, -0.2) is 26.2 Å². The maximum atomic E-state index is 6.44. The summed E-state index contributed by atoms with van der Waals surface area (Å²) in [6.07, 6.45) is 1.18. The van der Waals surface area contributed by atoms with Gasteiger partial charge in [0.2, 0.25) is 0 Å². The molecule has 3 unspecified atom stereocenters. The SMILES string of the molecule is CN1c2c(Br)cccc2C(N)C2CNCCC21. The molecule has 17 heavy (non-hydrogen) atoms. The minimum absolute atomic E-state index is 0.150. The molecule has 2 heterocycles. The Bertz CT molecular complexity index is 435. The molecule has 3 atom stereocenters. The molecule has 2 aliphatic heterocycles. The number of halogens is 1. The van der Waals surface area contributed by atoms with Crippen LogP contribution in [0.3, 0.4) is 0 Å². The molecular weight excluding hydrogens is 278 g/mol. The molecule has 1 aromatic rings. The molecule has 1 fully saturated rings. The molecule has 3 nitrogen and oxygen atoms in total. The highest BCUT2D eigenvalue weighted by Crippen LogP contribution is 2.43. The van der Waals surface area contributed by atoms with Crippen molar-refractivity contribution >= 4 is 21.6 Å². The molecule has 1 aromatic carbocycles. The molecule has 0 aromatic heterocycles. The van der Waals surface area contributed by atoms with Crippen molar-refractivity contribution in [1.82, 2.24) is 5.32 Å². The number of para-hydroxylation sites is 1. The summed E-state index contributed by atoms with van der Waals surface area (Å²) >= 11 is 3.65. The van der Waals surface area contributed by atoms with Gasteiger partial charge in [0.05, 0.1) is 5.69 Å². The van der Waals surface area contributed by atoms with Gasteiger partial charge in [-0.2, -0.15) is 0 Å². The van der Waals surface area contributed by atoms with Gasteiger partial charge < -0.3 is 16.0 Å². The van der Waals surface area contributed by atoms with Crippen LogP contribution in [0.1, 0.15) is 18.0 Å². The first kappa shape index (κ1) is 11.5. The van der Waals surface area contributed by atoms with Crippen molar-refractivity contribution in [3.05, 3.63) is 28.2 Å². The fourth-order valence-electron chi connectivity index (χ4n) is 3.29. The molecule has 0 spiro atoms. The Hall–Kier alpha value is -0.580. The lowest BCUT2D eigenvalue weighted by Gasteiger charge is -2.47. The molecule has 3 N–H and O–H groups in total. The Morgan fingerprint density at radius 2 is 2.29 bits per heavy atom. The second kappa shape index (κ2) is 4.26. The first-order chi connectivity index (χ1) is 8.20. The smallest absolute Gasteiger partial charge is 0.0559 e. The minimum atomic E-state index is 0.150. The number of hydrogen-bond donors (Lipinski definition) is 2. The molecule has 0 amide bonds. The van der Waals surface area contributed by atoms with Gasteiger partial charge in [-0.15, -0.1) is 0 Å². The number of nitrogens with one attached hydrogen (secondary N) is 1. The number of nitrogens with zero attached hydrogens (tertiary/aromatic N) is 1. The molecule has 3 rings (SSSR count). The van der Waals surface area contributed by atoms with E-state index in [1.807, 2.05) is 0 Å². The van der Waals surface area contributed by atoms with Crippen LogP contribution >= 0.6 is 15.9 Å². The van der Waals surface area contributed by atoms with Gasteiger partial charge in [-0.1, -0.05) is 12.1 Å². The summed E-state index contributed by atoms with van der Waals surface area (Å²) < 4.78 is 1.16. The number of rotatable bonds is 0. The van der Waals surface area contributed by atoms with Crippen LogP contribution in [0.15, 0.2) is 22.7 Å². The van der Waals surface area contributed by atoms with E-state index in [1.165, 1.54) is 17.7 Å². The first-order valence-corrected chi connectivity index (χ1v) is 6.97. The van der Waals surface area contributed by atoms with Crippen LogP contribution in [-0.2, 0) is 0 Å². The van der Waals surface area contributed by atoms with Crippen LogP contribution in [0.5, 0.6) is 0 Å². The summed E-state index contributed by atoms with van der Waals surface area (Å²) in [7, 11) is 2.19. The Labute approximate surface area is 110 Å². The molecule has 4 heteroatoms. The summed E-state index contributed by atoms with van der Waals surface area (Å²) in [5, 5.41) is 3.46. The predicted molar refractivity (Wildman–Crippen MR) is 74.2 cm³/mol. The zero-order valence-electron chi connectivity index (χ0n) is 9.99. The highest BCUT2D eigenvalue weighted by atomic mass is 79.9. The lowest BCUT2D eigenvalue weighted by Crippen LogP contribution is -2.55. The monoisotopic (exact) mass is 295 g/mol. The highest BCUT2D eigenvalue weighted by Gasteiger charge is 2.39. The number of anilines is 1. The van der Waals surface area contributed by atoms with Crippen molar-refractivity contribution in [2.24, 2.45) is 11.7 Å². The predicted octanol–water partition coefficient (Wildman–Crippen LogP) is 1.88. The van der Waals surface area contributed by atoms with Crippen molar-refractivity contribution in [2.75, 3.05) is 25.0 Å². The van der Waals surface area contributed by atoms with Crippen molar-refractivity contribution < 1.29 is 0 Å². The normalized spacial score (nSPS) is 31.9. The van der Waals surface area contributed by atoms with E-state index >= 15 is 0 Å². The van der Waals surface area contributed by atoms with Gasteiger partial charge in [-0.25, -0.2) is 0 Å². The number of piperidine rings is 1. The van der Waals surface area contributed by atoms with Crippen LogP contribution < -0.4 is 16.0 Å². The summed E-state index contributed by atoms with van der Waals surface area (Å²) in [5.41, 5.74) is 9.00. The van der Waals surface area contributed by atoms with E-state index in [4.69, 9.17) is 5.73 Å². The van der Waals surface area contributed by atoms with E-state index in [0.29, 0.717) is 12.0 Å². The van der Waals surface area contributed by atoms with Gasteiger partial charge in [0.25, 0.3) is 0 Å². The molecule has 1 saturated heterocycles. The zero-order chi connectivity index (χ0) is 12.0. The third kappa shape index (κ3) is 1.70. The zero-order valence-corrected chi connectivity index (χ0v) is 11.6. The van der Waals surface area contributed by atoms with Crippen LogP contribution in [0.4, 0.5) is 5.69 Å². The molecule has 92 valence electrons. The van der Waals surface area contributed by atoms with Crippen LogP contribution in [0.25, 0.3) is 0 Å². The standard InChI is InChI=1S/C13H18BrN3/c1-17-11-5-6-16-7-9(11)12(15)8-3-2-4-10(14)13(8)17/h2-4,9,11-12,16H,5-7,15H2,1H3. The minimum Gasteiger partial charge on any atom is -0.370 e. The van der Waals surface area contributed by atoms with Gasteiger partial charge in [-0.3, -0.25) is 0 Å². The molecule has 0 aliphatic carbocycles. The average molecular weight is 296 g/mol. The van der Waals surface area contributed by atoms with Gasteiger partial charge in [-0.05, 0) is 40.5 Å². The van der Waals surface area contributed by atoms with Crippen molar-refractivity contribution in [3.8, 4) is 0 Å². The molecule has 0 bridgehead atoms. The van der Waals surface area contributed by atoms with Crippen LogP contribution in [0.2, 0.25) is 0 Å².